The molecule has 3 rings (SSSR count). The summed E-state index contributed by atoms with van der Waals surface area (Å²) in [5.74, 6) is -0.403. The van der Waals surface area contributed by atoms with Gasteiger partial charge in [-0.25, -0.2) is 0 Å². The molecule has 2 aromatic rings. The fourth-order valence-electron chi connectivity index (χ4n) is 4.00. The fraction of sp³-hybridized carbons (Fsp3) is 0.280. The largest absolute Gasteiger partial charge is 0.363 e. The molecule has 0 bridgehead atoms. The number of hydrogen-bond acceptors (Lipinski definition) is 3. The minimum Gasteiger partial charge on any atom is -0.363 e. The van der Waals surface area contributed by atoms with Gasteiger partial charge in [0.1, 0.15) is 11.6 Å². The van der Waals surface area contributed by atoms with Gasteiger partial charge in [0.2, 0.25) is 0 Å². The molecule has 1 aliphatic rings. The van der Waals surface area contributed by atoms with Crippen LogP contribution in [0.4, 0.5) is 11.4 Å². The first-order valence-electron chi connectivity index (χ1n) is 9.86. The highest BCUT2D eigenvalue weighted by atomic mass is 16.1. The van der Waals surface area contributed by atoms with Gasteiger partial charge >= 0.3 is 0 Å². The lowest BCUT2D eigenvalue weighted by Crippen LogP contribution is -2.44. The number of anilines is 2. The Bertz CT molecular complexity index is 1050. The number of likely N-dealkylation sites (N-methyl/N-ethyl adjacent to an activating group) is 1. The number of nitriles is 1. The second-order valence-electron chi connectivity index (χ2n) is 8.00. The molecule has 0 radical (unpaired) electrons. The molecule has 1 heterocycles. The van der Waals surface area contributed by atoms with E-state index in [4.69, 9.17) is 0 Å². The Morgan fingerprint density at radius 2 is 1.97 bits per heavy atom. The number of amides is 1. The number of benzene rings is 2. The SMILES string of the molecule is CCN1c2ccc(/C=C(/C#N)C(=O)Nc3cccc(C)c3)cc2C(C)=CC1(C)C. The Kier molecular flexibility index (Phi) is 5.61. The zero-order valence-electron chi connectivity index (χ0n) is 17.7. The third-order valence-electron chi connectivity index (χ3n) is 5.27. The number of allylic oxidation sites excluding steroid dienone is 1. The zero-order chi connectivity index (χ0) is 21.2. The monoisotopic (exact) mass is 385 g/mol. The standard InChI is InChI=1S/C25H27N3O/c1-6-28-23-11-10-19(14-22(23)18(3)15-25(28,4)5)13-20(16-26)24(29)27-21-9-7-8-17(2)12-21/h7-15H,6H2,1-5H3,(H,27,29)/b20-13-. The fourth-order valence-corrected chi connectivity index (χ4v) is 4.00. The lowest BCUT2D eigenvalue weighted by Gasteiger charge is -2.42. The summed E-state index contributed by atoms with van der Waals surface area (Å²) in [6.07, 6.45) is 3.91. The van der Waals surface area contributed by atoms with Crippen molar-refractivity contribution in [3.05, 3.63) is 70.8 Å². The van der Waals surface area contributed by atoms with Gasteiger partial charge in [-0.05, 0) is 81.7 Å². The van der Waals surface area contributed by atoms with E-state index in [0.29, 0.717) is 5.69 Å². The van der Waals surface area contributed by atoms with Crippen LogP contribution in [0, 0.1) is 18.3 Å². The van der Waals surface area contributed by atoms with Gasteiger partial charge in [-0.1, -0.05) is 24.3 Å². The molecule has 29 heavy (non-hydrogen) atoms. The van der Waals surface area contributed by atoms with Crippen molar-refractivity contribution in [3.63, 3.8) is 0 Å². The Morgan fingerprint density at radius 1 is 1.21 bits per heavy atom. The van der Waals surface area contributed by atoms with Crippen molar-refractivity contribution in [3.8, 4) is 6.07 Å². The zero-order valence-corrected chi connectivity index (χ0v) is 17.7. The maximum Gasteiger partial charge on any atom is 0.266 e. The molecule has 1 amide bonds. The highest BCUT2D eigenvalue weighted by Gasteiger charge is 2.30. The number of hydrogen-bond donors (Lipinski definition) is 1. The van der Waals surface area contributed by atoms with Crippen LogP contribution < -0.4 is 10.2 Å². The predicted molar refractivity (Wildman–Crippen MR) is 121 cm³/mol. The molecule has 0 unspecified atom stereocenters. The second kappa shape index (κ2) is 7.97. The minimum absolute atomic E-state index is 0.0469. The third-order valence-corrected chi connectivity index (χ3v) is 5.27. The van der Waals surface area contributed by atoms with Gasteiger partial charge in [-0.15, -0.1) is 0 Å². The molecular weight excluding hydrogens is 358 g/mol. The summed E-state index contributed by atoms with van der Waals surface area (Å²) in [6.45, 7) is 11.5. The van der Waals surface area contributed by atoms with Gasteiger partial charge in [0.15, 0.2) is 0 Å². The molecule has 0 atom stereocenters. The predicted octanol–water partition coefficient (Wildman–Crippen LogP) is 5.56. The molecule has 4 heteroatoms. The average Bonchev–Trinajstić information content (AvgIpc) is 2.66. The van der Waals surface area contributed by atoms with Crippen LogP contribution in [0.1, 0.15) is 44.4 Å². The van der Waals surface area contributed by atoms with E-state index in [2.05, 4.69) is 56.1 Å². The Labute approximate surface area is 173 Å². The summed E-state index contributed by atoms with van der Waals surface area (Å²) < 4.78 is 0. The smallest absolute Gasteiger partial charge is 0.266 e. The normalized spacial score (nSPS) is 15.2. The summed E-state index contributed by atoms with van der Waals surface area (Å²) in [6, 6.07) is 15.7. The highest BCUT2D eigenvalue weighted by Crippen LogP contribution is 2.39. The Hall–Kier alpha value is -3.32. The maximum atomic E-state index is 12.6. The van der Waals surface area contributed by atoms with E-state index in [9.17, 15) is 10.1 Å². The van der Waals surface area contributed by atoms with Gasteiger partial charge in [0.25, 0.3) is 5.91 Å². The maximum absolute atomic E-state index is 12.6. The van der Waals surface area contributed by atoms with Crippen molar-refractivity contribution in [2.24, 2.45) is 0 Å². The number of fused-ring (bicyclic) bond motifs is 1. The number of carbonyl (C=O) groups is 1. The summed E-state index contributed by atoms with van der Waals surface area (Å²) in [4.78, 5) is 14.9. The van der Waals surface area contributed by atoms with Gasteiger partial charge < -0.3 is 10.2 Å². The molecule has 0 saturated carbocycles. The molecule has 148 valence electrons. The first-order chi connectivity index (χ1) is 13.7. The third kappa shape index (κ3) is 4.25. The first-order valence-corrected chi connectivity index (χ1v) is 9.86. The summed E-state index contributed by atoms with van der Waals surface area (Å²) in [5.41, 5.74) is 6.11. The van der Waals surface area contributed by atoms with Crippen molar-refractivity contribution >= 4 is 28.9 Å². The molecule has 4 nitrogen and oxygen atoms in total. The Morgan fingerprint density at radius 3 is 2.62 bits per heavy atom. The quantitative estimate of drug-likeness (QED) is 0.553. The van der Waals surface area contributed by atoms with E-state index in [1.165, 1.54) is 11.3 Å². The lowest BCUT2D eigenvalue weighted by molar-refractivity contribution is -0.112. The van der Waals surface area contributed by atoms with E-state index in [-0.39, 0.29) is 11.1 Å². The number of carbonyl (C=O) groups excluding carboxylic acids is 1. The average molecular weight is 386 g/mol. The van der Waals surface area contributed by atoms with E-state index < -0.39 is 5.91 Å². The molecule has 0 aliphatic carbocycles. The molecule has 1 aliphatic heterocycles. The van der Waals surface area contributed by atoms with Gasteiger partial charge in [-0.3, -0.25) is 4.79 Å². The van der Waals surface area contributed by atoms with E-state index in [1.54, 1.807) is 6.08 Å². The van der Waals surface area contributed by atoms with Crippen molar-refractivity contribution in [1.29, 1.82) is 5.26 Å². The van der Waals surface area contributed by atoms with Crippen LogP contribution in [-0.4, -0.2) is 18.0 Å². The van der Waals surface area contributed by atoms with Crippen molar-refractivity contribution < 1.29 is 4.79 Å². The van der Waals surface area contributed by atoms with Gasteiger partial charge in [-0.2, -0.15) is 5.26 Å². The number of nitrogens with zero attached hydrogens (tertiary/aromatic N) is 2. The van der Waals surface area contributed by atoms with E-state index >= 15 is 0 Å². The lowest BCUT2D eigenvalue weighted by atomic mass is 9.88. The van der Waals surface area contributed by atoms with Crippen LogP contribution in [0.25, 0.3) is 11.6 Å². The van der Waals surface area contributed by atoms with Crippen LogP contribution in [0.15, 0.2) is 54.1 Å². The van der Waals surface area contributed by atoms with Crippen molar-refractivity contribution in [1.82, 2.24) is 0 Å². The second-order valence-corrected chi connectivity index (χ2v) is 8.00. The number of aryl methyl sites for hydroxylation is 1. The first kappa shape index (κ1) is 20.4. The highest BCUT2D eigenvalue weighted by molar-refractivity contribution is 6.09. The molecule has 0 spiro atoms. The van der Waals surface area contributed by atoms with Crippen LogP contribution in [-0.2, 0) is 4.79 Å². The van der Waals surface area contributed by atoms with Crippen LogP contribution in [0.2, 0.25) is 0 Å². The molecule has 0 fully saturated rings. The minimum atomic E-state index is -0.403. The summed E-state index contributed by atoms with van der Waals surface area (Å²) >= 11 is 0. The number of rotatable bonds is 4. The van der Waals surface area contributed by atoms with Crippen LogP contribution in [0.3, 0.4) is 0 Å². The molecule has 0 saturated heterocycles. The van der Waals surface area contributed by atoms with Gasteiger partial charge in [0, 0.05) is 23.5 Å². The molecular formula is C25H27N3O. The molecule has 2 aromatic carbocycles. The summed E-state index contributed by atoms with van der Waals surface area (Å²) in [5, 5.41) is 12.3. The van der Waals surface area contributed by atoms with Gasteiger partial charge in [0.05, 0.1) is 5.54 Å². The van der Waals surface area contributed by atoms with E-state index in [1.807, 2.05) is 43.3 Å². The topological polar surface area (TPSA) is 56.1 Å². The Balaban J connectivity index is 1.92. The van der Waals surface area contributed by atoms with Crippen molar-refractivity contribution in [2.75, 3.05) is 16.8 Å². The molecule has 0 aromatic heterocycles. The number of nitrogens with one attached hydrogen (secondary N) is 1. The van der Waals surface area contributed by atoms with E-state index in [0.717, 1.165) is 23.2 Å². The van der Waals surface area contributed by atoms with Crippen LogP contribution in [0.5, 0.6) is 0 Å². The molecule has 1 N–H and O–H groups in total. The van der Waals surface area contributed by atoms with Crippen molar-refractivity contribution in [2.45, 2.75) is 40.2 Å². The van der Waals surface area contributed by atoms with Crippen LogP contribution >= 0.6 is 0 Å². The summed E-state index contributed by atoms with van der Waals surface area (Å²) in [7, 11) is 0.